The van der Waals surface area contributed by atoms with E-state index in [1.807, 2.05) is 32.0 Å². The van der Waals surface area contributed by atoms with Crippen LogP contribution in [0.4, 0.5) is 5.69 Å². The van der Waals surface area contributed by atoms with Crippen molar-refractivity contribution >= 4 is 29.9 Å². The molecular weight excluding hydrogens is 362 g/mol. The van der Waals surface area contributed by atoms with Gasteiger partial charge in [-0.2, -0.15) is 0 Å². The third kappa shape index (κ3) is 7.04. The van der Waals surface area contributed by atoms with Gasteiger partial charge >= 0.3 is 0 Å². The van der Waals surface area contributed by atoms with E-state index in [9.17, 15) is 9.59 Å². The van der Waals surface area contributed by atoms with Crippen LogP contribution in [0.5, 0.6) is 0 Å². The summed E-state index contributed by atoms with van der Waals surface area (Å²) in [5, 5.41) is 2.82. The van der Waals surface area contributed by atoms with Crippen molar-refractivity contribution in [2.24, 2.45) is 11.7 Å². The number of nitrogens with zero attached hydrogens (tertiary/aromatic N) is 1. The summed E-state index contributed by atoms with van der Waals surface area (Å²) >= 11 is 0. The molecule has 0 saturated carbocycles. The van der Waals surface area contributed by atoms with Crippen LogP contribution in [0.25, 0.3) is 0 Å². The minimum atomic E-state index is -0.0886. The van der Waals surface area contributed by atoms with Gasteiger partial charge in [0.05, 0.1) is 0 Å². The van der Waals surface area contributed by atoms with E-state index >= 15 is 0 Å². The standard InChI is InChI=1S/C21H27N3O2.ClH/c1-16(2)20(25)23-19-10-8-18(9-11-19)21(26)24(15-13-22)14-12-17-6-4-3-5-7-17;/h3-11,16H,12-15,22H2,1-2H3,(H,23,25);1H. The molecule has 2 aromatic carbocycles. The van der Waals surface area contributed by atoms with Crippen LogP contribution < -0.4 is 11.1 Å². The van der Waals surface area contributed by atoms with E-state index in [1.165, 1.54) is 5.56 Å². The molecule has 0 aliphatic heterocycles. The molecule has 0 unspecified atom stereocenters. The highest BCUT2D eigenvalue weighted by Crippen LogP contribution is 2.13. The summed E-state index contributed by atoms with van der Waals surface area (Å²) in [5.74, 6) is -0.181. The molecule has 27 heavy (non-hydrogen) atoms. The van der Waals surface area contributed by atoms with Gasteiger partial charge in [0.2, 0.25) is 5.91 Å². The zero-order valence-corrected chi connectivity index (χ0v) is 16.7. The van der Waals surface area contributed by atoms with E-state index in [2.05, 4.69) is 17.4 Å². The van der Waals surface area contributed by atoms with E-state index in [4.69, 9.17) is 5.73 Å². The highest BCUT2D eigenvalue weighted by atomic mass is 35.5. The number of amides is 2. The van der Waals surface area contributed by atoms with Gasteiger partial charge in [0, 0.05) is 36.8 Å². The average molecular weight is 390 g/mol. The van der Waals surface area contributed by atoms with Crippen LogP contribution in [0, 0.1) is 5.92 Å². The molecule has 0 aromatic heterocycles. The summed E-state index contributed by atoms with van der Waals surface area (Å²) in [7, 11) is 0. The molecule has 0 heterocycles. The quantitative estimate of drug-likeness (QED) is 0.726. The zero-order chi connectivity index (χ0) is 18.9. The van der Waals surface area contributed by atoms with Crippen LogP contribution >= 0.6 is 12.4 Å². The molecule has 0 radical (unpaired) electrons. The van der Waals surface area contributed by atoms with Crippen molar-refractivity contribution in [1.29, 1.82) is 0 Å². The number of hydrogen-bond acceptors (Lipinski definition) is 3. The second-order valence-corrected chi connectivity index (χ2v) is 6.54. The number of benzene rings is 2. The largest absolute Gasteiger partial charge is 0.337 e. The fourth-order valence-electron chi connectivity index (χ4n) is 2.54. The summed E-state index contributed by atoms with van der Waals surface area (Å²) in [6.07, 6.45) is 0.787. The number of carbonyl (C=O) groups is 2. The number of anilines is 1. The lowest BCUT2D eigenvalue weighted by molar-refractivity contribution is -0.118. The number of rotatable bonds is 8. The minimum Gasteiger partial charge on any atom is -0.337 e. The van der Waals surface area contributed by atoms with Gasteiger partial charge < -0.3 is 16.0 Å². The predicted octanol–water partition coefficient (Wildman–Crippen LogP) is 3.35. The fraction of sp³-hybridized carbons (Fsp3) is 0.333. The molecular formula is C21H28ClN3O2. The van der Waals surface area contributed by atoms with Gasteiger partial charge in [-0.05, 0) is 36.2 Å². The Labute approximate surface area is 167 Å². The second-order valence-electron chi connectivity index (χ2n) is 6.54. The number of hydrogen-bond donors (Lipinski definition) is 2. The lowest BCUT2D eigenvalue weighted by Gasteiger charge is -2.22. The molecule has 0 spiro atoms. The molecule has 0 atom stereocenters. The molecule has 2 aromatic rings. The first-order valence-electron chi connectivity index (χ1n) is 8.95. The van der Waals surface area contributed by atoms with Crippen LogP contribution in [0.3, 0.4) is 0 Å². The minimum absolute atomic E-state index is 0. The van der Waals surface area contributed by atoms with Crippen molar-refractivity contribution < 1.29 is 9.59 Å². The van der Waals surface area contributed by atoms with Gasteiger partial charge in [-0.3, -0.25) is 9.59 Å². The van der Waals surface area contributed by atoms with Crippen molar-refractivity contribution in [2.75, 3.05) is 25.0 Å². The third-order valence-corrected chi connectivity index (χ3v) is 4.12. The number of nitrogens with one attached hydrogen (secondary N) is 1. The zero-order valence-electron chi connectivity index (χ0n) is 15.9. The van der Waals surface area contributed by atoms with Crippen molar-refractivity contribution in [3.8, 4) is 0 Å². The Hall–Kier alpha value is -2.37. The van der Waals surface area contributed by atoms with Crippen LogP contribution in [-0.4, -0.2) is 36.3 Å². The molecule has 3 N–H and O–H groups in total. The molecule has 0 bridgehead atoms. The van der Waals surface area contributed by atoms with E-state index in [1.54, 1.807) is 29.2 Å². The Balaban J connectivity index is 0.00000364. The summed E-state index contributed by atoms with van der Waals surface area (Å²) in [4.78, 5) is 26.3. The van der Waals surface area contributed by atoms with Gasteiger partial charge in [0.25, 0.3) is 5.91 Å². The van der Waals surface area contributed by atoms with E-state index < -0.39 is 0 Å². The fourth-order valence-corrected chi connectivity index (χ4v) is 2.54. The first kappa shape index (κ1) is 22.7. The summed E-state index contributed by atoms with van der Waals surface area (Å²) in [6.45, 7) is 5.22. The molecule has 5 nitrogen and oxygen atoms in total. The maximum atomic E-state index is 12.8. The van der Waals surface area contributed by atoms with Gasteiger partial charge in [-0.25, -0.2) is 0 Å². The molecule has 0 aliphatic carbocycles. The van der Waals surface area contributed by atoms with Crippen LogP contribution in [0.1, 0.15) is 29.8 Å². The monoisotopic (exact) mass is 389 g/mol. The van der Waals surface area contributed by atoms with Gasteiger partial charge in [-0.15, -0.1) is 12.4 Å². The molecule has 6 heteroatoms. The lowest BCUT2D eigenvalue weighted by Crippen LogP contribution is -2.36. The Morgan fingerprint density at radius 1 is 1.00 bits per heavy atom. The van der Waals surface area contributed by atoms with Crippen molar-refractivity contribution in [1.82, 2.24) is 4.90 Å². The predicted molar refractivity (Wildman–Crippen MR) is 112 cm³/mol. The maximum Gasteiger partial charge on any atom is 0.253 e. The first-order valence-corrected chi connectivity index (χ1v) is 8.95. The van der Waals surface area contributed by atoms with Crippen LogP contribution in [0.15, 0.2) is 54.6 Å². The molecule has 0 saturated heterocycles. The average Bonchev–Trinajstić information content (AvgIpc) is 2.66. The molecule has 2 amide bonds. The first-order chi connectivity index (χ1) is 12.5. The van der Waals surface area contributed by atoms with Gasteiger partial charge in [0.15, 0.2) is 0 Å². The summed E-state index contributed by atoms with van der Waals surface area (Å²) in [6, 6.07) is 17.1. The van der Waals surface area contributed by atoms with Crippen LogP contribution in [-0.2, 0) is 11.2 Å². The summed E-state index contributed by atoms with van der Waals surface area (Å²) in [5.41, 5.74) is 8.15. The second kappa shape index (κ2) is 11.4. The van der Waals surface area contributed by atoms with Crippen molar-refractivity contribution in [2.45, 2.75) is 20.3 Å². The van der Waals surface area contributed by atoms with Gasteiger partial charge in [-0.1, -0.05) is 44.2 Å². The Bertz CT molecular complexity index is 718. The number of halogens is 1. The molecule has 2 rings (SSSR count). The van der Waals surface area contributed by atoms with E-state index in [0.717, 1.165) is 6.42 Å². The SMILES string of the molecule is CC(C)C(=O)Nc1ccc(C(=O)N(CCN)CCc2ccccc2)cc1.Cl. The van der Waals surface area contributed by atoms with Crippen molar-refractivity contribution in [3.63, 3.8) is 0 Å². The highest BCUT2D eigenvalue weighted by Gasteiger charge is 2.15. The molecule has 0 fully saturated rings. The van der Waals surface area contributed by atoms with E-state index in [0.29, 0.717) is 30.9 Å². The van der Waals surface area contributed by atoms with E-state index in [-0.39, 0.29) is 30.1 Å². The number of nitrogens with two attached hydrogens (primary N) is 1. The lowest BCUT2D eigenvalue weighted by atomic mass is 10.1. The Morgan fingerprint density at radius 3 is 2.19 bits per heavy atom. The molecule has 146 valence electrons. The van der Waals surface area contributed by atoms with Crippen LogP contribution in [0.2, 0.25) is 0 Å². The topological polar surface area (TPSA) is 75.4 Å². The highest BCUT2D eigenvalue weighted by molar-refractivity contribution is 5.96. The number of carbonyl (C=O) groups excluding carboxylic acids is 2. The third-order valence-electron chi connectivity index (χ3n) is 4.12. The maximum absolute atomic E-state index is 12.8. The summed E-state index contributed by atoms with van der Waals surface area (Å²) < 4.78 is 0. The van der Waals surface area contributed by atoms with Gasteiger partial charge in [0.1, 0.15) is 0 Å². The van der Waals surface area contributed by atoms with Crippen molar-refractivity contribution in [3.05, 3.63) is 65.7 Å². The smallest absolute Gasteiger partial charge is 0.253 e. The molecule has 0 aliphatic rings. The normalized spacial score (nSPS) is 10.2. The Morgan fingerprint density at radius 2 is 1.63 bits per heavy atom. The Kier molecular flexibility index (Phi) is 9.54.